The van der Waals surface area contributed by atoms with Gasteiger partial charge in [-0.3, -0.25) is 14.9 Å². The molecule has 0 aromatic heterocycles. The first-order chi connectivity index (χ1) is 9.52. The maximum Gasteiger partial charge on any atom is 0.249 e. The smallest absolute Gasteiger partial charge is 0.249 e. The Morgan fingerprint density at radius 2 is 2.15 bits per heavy atom. The van der Waals surface area contributed by atoms with Gasteiger partial charge in [-0.15, -0.1) is 0 Å². The van der Waals surface area contributed by atoms with Crippen LogP contribution in [0.1, 0.15) is 25.0 Å². The normalized spacial score (nSPS) is 19.1. The van der Waals surface area contributed by atoms with Crippen LogP contribution in [0.25, 0.3) is 0 Å². The third-order valence-corrected chi connectivity index (χ3v) is 3.65. The second kappa shape index (κ2) is 6.05. The van der Waals surface area contributed by atoms with Crippen molar-refractivity contribution in [3.8, 4) is 0 Å². The summed E-state index contributed by atoms with van der Waals surface area (Å²) in [5.74, 6) is -0.488. The van der Waals surface area contributed by atoms with E-state index in [1.54, 1.807) is 0 Å². The number of benzene rings is 1. The number of rotatable bonds is 4. The molecule has 1 aliphatic rings. The van der Waals surface area contributed by atoms with E-state index in [1.165, 1.54) is 5.56 Å². The molecular weight excluding hydrogens is 254 g/mol. The van der Waals surface area contributed by atoms with Crippen molar-refractivity contribution in [2.45, 2.75) is 33.4 Å². The number of anilines is 1. The molecule has 2 N–H and O–H groups in total. The summed E-state index contributed by atoms with van der Waals surface area (Å²) in [5, 5.41) is 5.65. The Morgan fingerprint density at radius 1 is 1.40 bits per heavy atom. The molecule has 20 heavy (non-hydrogen) atoms. The van der Waals surface area contributed by atoms with Crippen LogP contribution in [0.4, 0.5) is 5.69 Å². The van der Waals surface area contributed by atoms with Gasteiger partial charge in [0.2, 0.25) is 11.8 Å². The number of imide groups is 1. The molecule has 1 fully saturated rings. The average Bonchev–Trinajstić information content (AvgIpc) is 2.41. The highest BCUT2D eigenvalue weighted by Crippen LogP contribution is 2.22. The van der Waals surface area contributed by atoms with Gasteiger partial charge >= 0.3 is 0 Å². The standard InChI is InChI=1S/C15H21N3O2/c1-4-16-8-12-5-6-13(7-10(12)2)18-9-14(19)17-15(20)11(18)3/h5-7,11,16H,4,8-9H2,1-3H3,(H,17,19,20). The molecule has 0 saturated carbocycles. The zero-order valence-corrected chi connectivity index (χ0v) is 12.2. The molecule has 1 aliphatic heterocycles. The number of piperazine rings is 1. The molecule has 1 aromatic rings. The molecule has 0 bridgehead atoms. The number of hydrogen-bond acceptors (Lipinski definition) is 4. The molecule has 0 spiro atoms. The van der Waals surface area contributed by atoms with Crippen LogP contribution in [0.15, 0.2) is 18.2 Å². The fourth-order valence-electron chi connectivity index (χ4n) is 2.35. The van der Waals surface area contributed by atoms with E-state index in [1.807, 2.05) is 30.9 Å². The van der Waals surface area contributed by atoms with Crippen LogP contribution >= 0.6 is 0 Å². The van der Waals surface area contributed by atoms with E-state index < -0.39 is 0 Å². The number of aryl methyl sites for hydroxylation is 1. The van der Waals surface area contributed by atoms with Crippen molar-refractivity contribution < 1.29 is 9.59 Å². The minimum absolute atomic E-state index is 0.221. The molecule has 1 saturated heterocycles. The molecule has 5 heteroatoms. The van der Waals surface area contributed by atoms with Gasteiger partial charge in [-0.2, -0.15) is 0 Å². The molecule has 5 nitrogen and oxygen atoms in total. The lowest BCUT2D eigenvalue weighted by molar-refractivity contribution is -0.132. The zero-order valence-electron chi connectivity index (χ0n) is 12.2. The van der Waals surface area contributed by atoms with Crippen molar-refractivity contribution in [1.82, 2.24) is 10.6 Å². The molecule has 1 unspecified atom stereocenters. The number of hydrogen-bond donors (Lipinski definition) is 2. The predicted molar refractivity (Wildman–Crippen MR) is 78.5 cm³/mol. The first-order valence-corrected chi connectivity index (χ1v) is 6.93. The second-order valence-corrected chi connectivity index (χ2v) is 5.11. The number of nitrogens with zero attached hydrogens (tertiary/aromatic N) is 1. The zero-order chi connectivity index (χ0) is 14.7. The van der Waals surface area contributed by atoms with Crippen LogP contribution in [0.2, 0.25) is 0 Å². The van der Waals surface area contributed by atoms with Crippen molar-refractivity contribution in [1.29, 1.82) is 0 Å². The van der Waals surface area contributed by atoms with Crippen molar-refractivity contribution in [2.75, 3.05) is 18.0 Å². The van der Waals surface area contributed by atoms with Crippen molar-refractivity contribution in [3.63, 3.8) is 0 Å². The van der Waals surface area contributed by atoms with Crippen molar-refractivity contribution >= 4 is 17.5 Å². The van der Waals surface area contributed by atoms with Crippen LogP contribution < -0.4 is 15.5 Å². The highest BCUT2D eigenvalue weighted by atomic mass is 16.2. The molecule has 0 radical (unpaired) electrons. The van der Waals surface area contributed by atoms with Crippen LogP contribution in [0, 0.1) is 6.92 Å². The third kappa shape index (κ3) is 2.99. The van der Waals surface area contributed by atoms with E-state index in [-0.39, 0.29) is 24.4 Å². The first-order valence-electron chi connectivity index (χ1n) is 6.93. The predicted octanol–water partition coefficient (Wildman–Crippen LogP) is 0.956. The van der Waals surface area contributed by atoms with Gasteiger partial charge in [0.1, 0.15) is 6.04 Å². The Kier molecular flexibility index (Phi) is 4.39. The van der Waals surface area contributed by atoms with Crippen molar-refractivity contribution in [3.05, 3.63) is 29.3 Å². The van der Waals surface area contributed by atoms with E-state index in [9.17, 15) is 9.59 Å². The van der Waals surface area contributed by atoms with E-state index >= 15 is 0 Å². The van der Waals surface area contributed by atoms with E-state index in [0.29, 0.717) is 0 Å². The Balaban J connectivity index is 2.22. The molecule has 1 aromatic carbocycles. The molecule has 108 valence electrons. The van der Waals surface area contributed by atoms with Crippen LogP contribution in [0.3, 0.4) is 0 Å². The van der Waals surface area contributed by atoms with Gasteiger partial charge in [-0.05, 0) is 43.7 Å². The minimum Gasteiger partial charge on any atom is -0.350 e. The molecule has 2 rings (SSSR count). The summed E-state index contributed by atoms with van der Waals surface area (Å²) in [6.45, 7) is 7.91. The summed E-state index contributed by atoms with van der Waals surface area (Å²) in [5.41, 5.74) is 3.31. The maximum absolute atomic E-state index is 11.7. The second-order valence-electron chi connectivity index (χ2n) is 5.11. The lowest BCUT2D eigenvalue weighted by Crippen LogP contribution is -2.57. The van der Waals surface area contributed by atoms with Crippen molar-refractivity contribution in [2.24, 2.45) is 0 Å². The van der Waals surface area contributed by atoms with Gasteiger partial charge in [-0.1, -0.05) is 13.0 Å². The summed E-state index contributed by atoms with van der Waals surface area (Å²) in [7, 11) is 0. The Hall–Kier alpha value is -1.88. The van der Waals surface area contributed by atoms with Crippen LogP contribution in [-0.2, 0) is 16.1 Å². The lowest BCUT2D eigenvalue weighted by atomic mass is 10.1. The first kappa shape index (κ1) is 14.5. The van der Waals surface area contributed by atoms with Crippen LogP contribution in [0.5, 0.6) is 0 Å². The van der Waals surface area contributed by atoms with Gasteiger partial charge in [0.15, 0.2) is 0 Å². The topological polar surface area (TPSA) is 61.4 Å². The van der Waals surface area contributed by atoms with E-state index in [4.69, 9.17) is 0 Å². The highest BCUT2D eigenvalue weighted by molar-refractivity contribution is 6.04. The largest absolute Gasteiger partial charge is 0.350 e. The molecular formula is C15H21N3O2. The fourth-order valence-corrected chi connectivity index (χ4v) is 2.35. The number of amides is 2. The number of carbonyl (C=O) groups is 2. The minimum atomic E-state index is -0.327. The van der Waals surface area contributed by atoms with Gasteiger partial charge in [-0.25, -0.2) is 0 Å². The summed E-state index contributed by atoms with van der Waals surface area (Å²) in [6.07, 6.45) is 0. The average molecular weight is 275 g/mol. The van der Waals surface area contributed by atoms with Crippen LogP contribution in [-0.4, -0.2) is 30.9 Å². The third-order valence-electron chi connectivity index (χ3n) is 3.65. The quantitative estimate of drug-likeness (QED) is 0.803. The van der Waals surface area contributed by atoms with Gasteiger partial charge in [0.25, 0.3) is 0 Å². The van der Waals surface area contributed by atoms with Gasteiger partial charge < -0.3 is 10.2 Å². The number of carbonyl (C=O) groups excluding carboxylic acids is 2. The fraction of sp³-hybridized carbons (Fsp3) is 0.467. The number of nitrogens with one attached hydrogen (secondary N) is 2. The monoisotopic (exact) mass is 275 g/mol. The highest BCUT2D eigenvalue weighted by Gasteiger charge is 2.30. The lowest BCUT2D eigenvalue weighted by Gasteiger charge is -2.33. The van der Waals surface area contributed by atoms with Gasteiger partial charge in [0, 0.05) is 12.2 Å². The Labute approximate surface area is 119 Å². The summed E-state index contributed by atoms with van der Waals surface area (Å²) < 4.78 is 0. The molecule has 1 heterocycles. The summed E-state index contributed by atoms with van der Waals surface area (Å²) in [4.78, 5) is 25.0. The van der Waals surface area contributed by atoms with E-state index in [0.717, 1.165) is 24.3 Å². The maximum atomic E-state index is 11.7. The SMILES string of the molecule is CCNCc1ccc(N2CC(=O)NC(=O)C2C)cc1C. The Morgan fingerprint density at radius 3 is 2.80 bits per heavy atom. The Bertz CT molecular complexity index is 528. The van der Waals surface area contributed by atoms with Gasteiger partial charge in [0.05, 0.1) is 6.54 Å². The summed E-state index contributed by atoms with van der Waals surface area (Å²) in [6, 6.07) is 5.74. The molecule has 1 atom stereocenters. The van der Waals surface area contributed by atoms with E-state index in [2.05, 4.69) is 23.6 Å². The molecule has 2 amide bonds. The molecule has 0 aliphatic carbocycles. The summed E-state index contributed by atoms with van der Waals surface area (Å²) >= 11 is 0.